The fourth-order valence-electron chi connectivity index (χ4n) is 2.18. The average Bonchev–Trinajstić information content (AvgIpc) is 2.38. The third-order valence-corrected chi connectivity index (χ3v) is 3.68. The molecule has 0 aromatic carbocycles. The van der Waals surface area contributed by atoms with E-state index in [4.69, 9.17) is 5.11 Å². The van der Waals surface area contributed by atoms with Crippen molar-refractivity contribution in [1.82, 2.24) is 15.1 Å². The van der Waals surface area contributed by atoms with Crippen LogP contribution in [-0.2, 0) is 4.79 Å². The zero-order valence-electron chi connectivity index (χ0n) is 11.7. The highest BCUT2D eigenvalue weighted by Crippen LogP contribution is 2.05. The van der Waals surface area contributed by atoms with Crippen LogP contribution in [0, 0.1) is 5.92 Å². The Labute approximate surface area is 110 Å². The lowest BCUT2D eigenvalue weighted by atomic mass is 10.0. The van der Waals surface area contributed by atoms with Gasteiger partial charge in [0, 0.05) is 32.8 Å². The number of nitrogens with zero attached hydrogens (tertiary/aromatic N) is 2. The van der Waals surface area contributed by atoms with Gasteiger partial charge in [-0.15, -0.1) is 0 Å². The SMILES string of the molecule is CCC(CCO)CNCC(=O)N1CCN(C)CC1. The van der Waals surface area contributed by atoms with Gasteiger partial charge in [-0.1, -0.05) is 13.3 Å². The summed E-state index contributed by atoms with van der Waals surface area (Å²) < 4.78 is 0. The molecule has 1 amide bonds. The van der Waals surface area contributed by atoms with Crippen molar-refractivity contribution >= 4 is 5.91 Å². The Kier molecular flexibility index (Phi) is 7.23. The van der Waals surface area contributed by atoms with Gasteiger partial charge in [-0.3, -0.25) is 4.79 Å². The zero-order chi connectivity index (χ0) is 13.4. The maximum Gasteiger partial charge on any atom is 0.236 e. The second kappa shape index (κ2) is 8.45. The van der Waals surface area contributed by atoms with Gasteiger partial charge in [0.05, 0.1) is 6.54 Å². The van der Waals surface area contributed by atoms with Crippen molar-refractivity contribution in [3.63, 3.8) is 0 Å². The predicted octanol–water partition coefficient (Wildman–Crippen LogP) is -0.241. The summed E-state index contributed by atoms with van der Waals surface area (Å²) in [7, 11) is 2.08. The maximum atomic E-state index is 11.9. The van der Waals surface area contributed by atoms with E-state index < -0.39 is 0 Å². The van der Waals surface area contributed by atoms with Crippen molar-refractivity contribution in [2.24, 2.45) is 5.92 Å². The number of likely N-dealkylation sites (N-methyl/N-ethyl adjacent to an activating group) is 1. The van der Waals surface area contributed by atoms with Gasteiger partial charge in [0.2, 0.25) is 5.91 Å². The van der Waals surface area contributed by atoms with Crippen LogP contribution in [0.25, 0.3) is 0 Å². The molecule has 1 unspecified atom stereocenters. The largest absolute Gasteiger partial charge is 0.396 e. The molecule has 1 heterocycles. The second-order valence-electron chi connectivity index (χ2n) is 5.10. The number of hydrogen-bond donors (Lipinski definition) is 2. The Morgan fingerprint density at radius 2 is 2.00 bits per heavy atom. The molecule has 0 aromatic rings. The van der Waals surface area contributed by atoms with Gasteiger partial charge in [0.25, 0.3) is 0 Å². The normalized spacial score (nSPS) is 18.9. The van der Waals surface area contributed by atoms with Gasteiger partial charge in [-0.2, -0.15) is 0 Å². The summed E-state index contributed by atoms with van der Waals surface area (Å²) in [4.78, 5) is 16.1. The Hall–Kier alpha value is -0.650. The second-order valence-corrected chi connectivity index (χ2v) is 5.10. The lowest BCUT2D eigenvalue weighted by Gasteiger charge is -2.32. The van der Waals surface area contributed by atoms with Crippen molar-refractivity contribution in [3.8, 4) is 0 Å². The lowest BCUT2D eigenvalue weighted by Crippen LogP contribution is -2.49. The van der Waals surface area contributed by atoms with Crippen LogP contribution in [0.4, 0.5) is 0 Å². The number of nitrogens with one attached hydrogen (secondary N) is 1. The molecule has 1 aliphatic heterocycles. The number of rotatable bonds is 7. The monoisotopic (exact) mass is 257 g/mol. The molecular weight excluding hydrogens is 230 g/mol. The number of carbonyl (C=O) groups excluding carboxylic acids is 1. The molecular formula is C13H27N3O2. The van der Waals surface area contributed by atoms with E-state index in [1.807, 2.05) is 4.90 Å². The molecule has 106 valence electrons. The quantitative estimate of drug-likeness (QED) is 0.661. The van der Waals surface area contributed by atoms with E-state index in [0.29, 0.717) is 12.5 Å². The van der Waals surface area contributed by atoms with Crippen LogP contribution in [0.5, 0.6) is 0 Å². The first-order valence-electron chi connectivity index (χ1n) is 6.95. The van der Waals surface area contributed by atoms with Gasteiger partial charge in [0.1, 0.15) is 0 Å². The molecule has 1 saturated heterocycles. The van der Waals surface area contributed by atoms with Crippen molar-refractivity contribution < 1.29 is 9.90 Å². The Morgan fingerprint density at radius 3 is 2.56 bits per heavy atom. The van der Waals surface area contributed by atoms with Crippen molar-refractivity contribution in [3.05, 3.63) is 0 Å². The first-order chi connectivity index (χ1) is 8.67. The summed E-state index contributed by atoms with van der Waals surface area (Å²) >= 11 is 0. The highest BCUT2D eigenvalue weighted by atomic mass is 16.3. The Balaban J connectivity index is 2.16. The number of amides is 1. The molecule has 5 nitrogen and oxygen atoms in total. The van der Waals surface area contributed by atoms with Gasteiger partial charge in [-0.25, -0.2) is 0 Å². The number of piperazine rings is 1. The van der Waals surface area contributed by atoms with Gasteiger partial charge >= 0.3 is 0 Å². The molecule has 2 N–H and O–H groups in total. The predicted molar refractivity (Wildman–Crippen MR) is 72.4 cm³/mol. The summed E-state index contributed by atoms with van der Waals surface area (Å²) in [6.45, 7) is 7.19. The third-order valence-electron chi connectivity index (χ3n) is 3.68. The fourth-order valence-corrected chi connectivity index (χ4v) is 2.18. The van der Waals surface area contributed by atoms with Crippen LogP contribution in [0.3, 0.4) is 0 Å². The van der Waals surface area contributed by atoms with E-state index >= 15 is 0 Å². The minimum atomic E-state index is 0.196. The molecule has 0 spiro atoms. The topological polar surface area (TPSA) is 55.8 Å². The molecule has 18 heavy (non-hydrogen) atoms. The first-order valence-corrected chi connectivity index (χ1v) is 6.95. The molecule has 1 atom stereocenters. The van der Waals surface area contributed by atoms with Crippen LogP contribution in [-0.4, -0.2) is 73.7 Å². The first kappa shape index (κ1) is 15.4. The van der Waals surface area contributed by atoms with Crippen LogP contribution < -0.4 is 5.32 Å². The molecule has 0 saturated carbocycles. The van der Waals surface area contributed by atoms with Crippen LogP contribution in [0.1, 0.15) is 19.8 Å². The summed E-state index contributed by atoms with van der Waals surface area (Å²) in [5, 5.41) is 12.1. The van der Waals surface area contributed by atoms with E-state index in [2.05, 4.69) is 24.2 Å². The van der Waals surface area contributed by atoms with Crippen molar-refractivity contribution in [2.75, 3.05) is 52.9 Å². The molecule has 1 aliphatic rings. The molecule has 0 bridgehead atoms. The van der Waals surface area contributed by atoms with E-state index in [1.165, 1.54) is 0 Å². The summed E-state index contributed by atoms with van der Waals surface area (Å²) in [5.74, 6) is 0.664. The minimum absolute atomic E-state index is 0.196. The molecule has 1 rings (SSSR count). The zero-order valence-corrected chi connectivity index (χ0v) is 11.7. The van der Waals surface area contributed by atoms with Gasteiger partial charge in [0.15, 0.2) is 0 Å². The van der Waals surface area contributed by atoms with E-state index in [0.717, 1.165) is 45.6 Å². The van der Waals surface area contributed by atoms with Crippen LogP contribution >= 0.6 is 0 Å². The number of carbonyl (C=O) groups is 1. The minimum Gasteiger partial charge on any atom is -0.396 e. The number of aliphatic hydroxyl groups is 1. The highest BCUT2D eigenvalue weighted by Gasteiger charge is 2.18. The smallest absolute Gasteiger partial charge is 0.236 e. The number of aliphatic hydroxyl groups excluding tert-OH is 1. The molecule has 0 aromatic heterocycles. The molecule has 5 heteroatoms. The van der Waals surface area contributed by atoms with Crippen molar-refractivity contribution in [1.29, 1.82) is 0 Å². The highest BCUT2D eigenvalue weighted by molar-refractivity contribution is 5.78. The van der Waals surface area contributed by atoms with Crippen LogP contribution in [0.15, 0.2) is 0 Å². The Bertz CT molecular complexity index is 240. The Morgan fingerprint density at radius 1 is 1.33 bits per heavy atom. The van der Waals surface area contributed by atoms with E-state index in [1.54, 1.807) is 0 Å². The average molecular weight is 257 g/mol. The van der Waals surface area contributed by atoms with Crippen molar-refractivity contribution in [2.45, 2.75) is 19.8 Å². The fraction of sp³-hybridized carbons (Fsp3) is 0.923. The number of hydrogen-bond acceptors (Lipinski definition) is 4. The van der Waals surface area contributed by atoms with Crippen LogP contribution in [0.2, 0.25) is 0 Å². The maximum absolute atomic E-state index is 11.9. The summed E-state index contributed by atoms with van der Waals surface area (Å²) in [5.41, 5.74) is 0. The van der Waals surface area contributed by atoms with E-state index in [9.17, 15) is 4.79 Å². The third kappa shape index (κ3) is 5.33. The molecule has 0 aliphatic carbocycles. The van der Waals surface area contributed by atoms with Gasteiger partial charge in [-0.05, 0) is 25.9 Å². The summed E-state index contributed by atoms with van der Waals surface area (Å²) in [6.07, 6.45) is 1.85. The summed E-state index contributed by atoms with van der Waals surface area (Å²) in [6, 6.07) is 0. The molecule has 1 fully saturated rings. The lowest BCUT2D eigenvalue weighted by molar-refractivity contribution is -0.131. The standard InChI is InChI=1S/C13H27N3O2/c1-3-12(4-9-17)10-14-11-13(18)16-7-5-15(2)6-8-16/h12,14,17H,3-11H2,1-2H3. The molecule has 0 radical (unpaired) electrons. The van der Waals surface area contributed by atoms with E-state index in [-0.39, 0.29) is 12.5 Å². The van der Waals surface area contributed by atoms with Gasteiger partial charge < -0.3 is 20.2 Å².